The Morgan fingerprint density at radius 1 is 1.03 bits per heavy atom. The Morgan fingerprint density at radius 3 is 2.39 bits per heavy atom. The third-order valence-electron chi connectivity index (χ3n) is 4.85. The molecule has 7 nitrogen and oxygen atoms in total. The monoisotopic (exact) mass is 425 g/mol. The van der Waals surface area contributed by atoms with Gasteiger partial charge in [-0.1, -0.05) is 26.8 Å². The van der Waals surface area contributed by atoms with Crippen LogP contribution in [0.15, 0.2) is 48.5 Å². The van der Waals surface area contributed by atoms with Crippen LogP contribution in [0.3, 0.4) is 0 Å². The van der Waals surface area contributed by atoms with Crippen molar-refractivity contribution in [1.82, 2.24) is 0 Å². The Hall–Kier alpha value is -3.06. The number of hydrogen-bond donors (Lipinski definition) is 3. The fraction of sp³-hybridized carbons (Fsp3) is 0.417. The third-order valence-corrected chi connectivity index (χ3v) is 4.85. The number of benzene rings is 2. The SMILES string of the molecule is CC(C)(C)C(=O)Nc1cccc(NC(=O)CNc2ccc(OCC3CCCO3)cc2)c1. The zero-order valence-electron chi connectivity index (χ0n) is 18.4. The molecule has 0 spiro atoms. The first-order chi connectivity index (χ1) is 14.8. The summed E-state index contributed by atoms with van der Waals surface area (Å²) in [6.45, 7) is 7.04. The molecule has 0 radical (unpaired) electrons. The summed E-state index contributed by atoms with van der Waals surface area (Å²) in [6, 6.07) is 14.6. The summed E-state index contributed by atoms with van der Waals surface area (Å²) in [5.41, 5.74) is 1.60. The Balaban J connectivity index is 1.44. The quantitative estimate of drug-likeness (QED) is 0.587. The van der Waals surface area contributed by atoms with E-state index in [0.29, 0.717) is 18.0 Å². The second-order valence-corrected chi connectivity index (χ2v) is 8.66. The minimum absolute atomic E-state index is 0.0826. The van der Waals surface area contributed by atoms with Gasteiger partial charge in [0.2, 0.25) is 11.8 Å². The van der Waals surface area contributed by atoms with Crippen LogP contribution in [0, 0.1) is 5.41 Å². The lowest BCUT2D eigenvalue weighted by atomic mass is 9.95. The topological polar surface area (TPSA) is 88.7 Å². The first-order valence-corrected chi connectivity index (χ1v) is 10.6. The predicted molar refractivity (Wildman–Crippen MR) is 123 cm³/mol. The van der Waals surface area contributed by atoms with E-state index in [-0.39, 0.29) is 24.5 Å². The van der Waals surface area contributed by atoms with Gasteiger partial charge in [0.05, 0.1) is 12.6 Å². The Bertz CT molecular complexity index is 884. The van der Waals surface area contributed by atoms with Gasteiger partial charge in [-0.25, -0.2) is 0 Å². The summed E-state index contributed by atoms with van der Waals surface area (Å²) in [6.07, 6.45) is 2.32. The molecule has 0 bridgehead atoms. The van der Waals surface area contributed by atoms with Gasteiger partial charge in [0.15, 0.2) is 0 Å². The molecule has 0 saturated carbocycles. The van der Waals surface area contributed by atoms with Gasteiger partial charge in [-0.15, -0.1) is 0 Å². The zero-order chi connectivity index (χ0) is 22.3. The molecule has 1 atom stereocenters. The van der Waals surface area contributed by atoms with E-state index in [1.807, 2.05) is 45.0 Å². The molecule has 1 unspecified atom stereocenters. The summed E-state index contributed by atoms with van der Waals surface area (Å²) < 4.78 is 11.3. The van der Waals surface area contributed by atoms with Crippen LogP contribution in [-0.2, 0) is 14.3 Å². The van der Waals surface area contributed by atoms with E-state index in [0.717, 1.165) is 30.9 Å². The minimum atomic E-state index is -0.492. The third kappa shape index (κ3) is 7.29. The van der Waals surface area contributed by atoms with Crippen molar-refractivity contribution in [3.63, 3.8) is 0 Å². The molecule has 1 aliphatic rings. The van der Waals surface area contributed by atoms with E-state index in [9.17, 15) is 9.59 Å². The number of hydrogen-bond acceptors (Lipinski definition) is 5. The highest BCUT2D eigenvalue weighted by Gasteiger charge is 2.21. The number of ether oxygens (including phenoxy) is 2. The first kappa shape index (κ1) is 22.6. The lowest BCUT2D eigenvalue weighted by Crippen LogP contribution is -2.27. The van der Waals surface area contributed by atoms with Gasteiger partial charge in [-0.05, 0) is 55.3 Å². The summed E-state index contributed by atoms with van der Waals surface area (Å²) in [7, 11) is 0. The Morgan fingerprint density at radius 2 is 1.74 bits per heavy atom. The van der Waals surface area contributed by atoms with Crippen LogP contribution in [0.1, 0.15) is 33.6 Å². The van der Waals surface area contributed by atoms with Gasteiger partial charge in [0.1, 0.15) is 12.4 Å². The van der Waals surface area contributed by atoms with Crippen molar-refractivity contribution < 1.29 is 19.1 Å². The first-order valence-electron chi connectivity index (χ1n) is 10.6. The maximum Gasteiger partial charge on any atom is 0.243 e. The molecule has 3 rings (SSSR count). The van der Waals surface area contributed by atoms with Gasteiger partial charge in [0.25, 0.3) is 0 Å². The Kier molecular flexibility index (Phi) is 7.52. The van der Waals surface area contributed by atoms with Crippen molar-refractivity contribution in [1.29, 1.82) is 0 Å². The Labute approximate surface area is 183 Å². The van der Waals surface area contributed by atoms with Crippen LogP contribution in [0.2, 0.25) is 0 Å². The molecule has 31 heavy (non-hydrogen) atoms. The summed E-state index contributed by atoms with van der Waals surface area (Å²) in [4.78, 5) is 24.4. The molecule has 3 N–H and O–H groups in total. The predicted octanol–water partition coefficient (Wildman–Crippen LogP) is 4.28. The maximum absolute atomic E-state index is 12.3. The number of nitrogens with one attached hydrogen (secondary N) is 3. The molecular weight excluding hydrogens is 394 g/mol. The molecule has 2 aromatic rings. The van der Waals surface area contributed by atoms with Gasteiger partial charge in [0, 0.05) is 29.1 Å². The number of rotatable bonds is 8. The molecule has 1 aliphatic heterocycles. The van der Waals surface area contributed by atoms with Crippen LogP contribution in [-0.4, -0.2) is 37.7 Å². The van der Waals surface area contributed by atoms with Crippen molar-refractivity contribution in [3.8, 4) is 5.75 Å². The largest absolute Gasteiger partial charge is 0.491 e. The van der Waals surface area contributed by atoms with Gasteiger partial charge in [-0.3, -0.25) is 9.59 Å². The average molecular weight is 426 g/mol. The molecule has 1 saturated heterocycles. The van der Waals surface area contributed by atoms with Gasteiger partial charge >= 0.3 is 0 Å². The highest BCUT2D eigenvalue weighted by atomic mass is 16.5. The van der Waals surface area contributed by atoms with E-state index >= 15 is 0 Å². The zero-order valence-corrected chi connectivity index (χ0v) is 18.4. The van der Waals surface area contributed by atoms with Crippen LogP contribution in [0.25, 0.3) is 0 Å². The van der Waals surface area contributed by atoms with Gasteiger partial charge < -0.3 is 25.4 Å². The minimum Gasteiger partial charge on any atom is -0.491 e. The molecule has 1 fully saturated rings. The number of carbonyl (C=O) groups is 2. The van der Waals surface area contributed by atoms with Crippen LogP contribution in [0.4, 0.5) is 17.1 Å². The van der Waals surface area contributed by atoms with E-state index in [4.69, 9.17) is 9.47 Å². The van der Waals surface area contributed by atoms with E-state index < -0.39 is 5.41 Å². The average Bonchev–Trinajstić information content (AvgIpc) is 3.25. The van der Waals surface area contributed by atoms with Crippen molar-refractivity contribution in [2.75, 3.05) is 35.7 Å². The highest BCUT2D eigenvalue weighted by Crippen LogP contribution is 2.21. The molecular formula is C24H31N3O4. The fourth-order valence-corrected chi connectivity index (χ4v) is 3.01. The molecule has 1 heterocycles. The molecule has 7 heteroatoms. The summed E-state index contributed by atoms with van der Waals surface area (Å²) in [5, 5.41) is 8.79. The summed E-state index contributed by atoms with van der Waals surface area (Å²) in [5.74, 6) is 0.512. The maximum atomic E-state index is 12.3. The molecule has 0 aromatic heterocycles. The molecule has 166 valence electrons. The van der Waals surface area contributed by atoms with E-state index in [1.165, 1.54) is 0 Å². The van der Waals surface area contributed by atoms with Crippen molar-refractivity contribution in [2.45, 2.75) is 39.7 Å². The fourth-order valence-electron chi connectivity index (χ4n) is 3.01. The number of carbonyl (C=O) groups excluding carboxylic acids is 2. The lowest BCUT2D eigenvalue weighted by Gasteiger charge is -2.18. The molecule has 0 aliphatic carbocycles. The standard InChI is InChI=1S/C24H31N3O4/c1-24(2,3)23(29)27-19-7-4-6-18(14-19)26-22(28)15-25-17-9-11-20(12-10-17)31-16-21-8-5-13-30-21/h4,6-7,9-12,14,21,25H,5,8,13,15-16H2,1-3H3,(H,26,28)(H,27,29). The summed E-state index contributed by atoms with van der Waals surface area (Å²) >= 11 is 0. The molecule has 2 aromatic carbocycles. The highest BCUT2D eigenvalue weighted by molar-refractivity contribution is 5.97. The second kappa shape index (κ2) is 10.3. The van der Waals surface area contributed by atoms with Crippen LogP contribution in [0.5, 0.6) is 5.75 Å². The van der Waals surface area contributed by atoms with E-state index in [2.05, 4.69) is 16.0 Å². The van der Waals surface area contributed by atoms with E-state index in [1.54, 1.807) is 24.3 Å². The van der Waals surface area contributed by atoms with Crippen LogP contribution >= 0.6 is 0 Å². The lowest BCUT2D eigenvalue weighted by molar-refractivity contribution is -0.123. The van der Waals surface area contributed by atoms with Crippen molar-refractivity contribution in [3.05, 3.63) is 48.5 Å². The number of anilines is 3. The van der Waals surface area contributed by atoms with Gasteiger partial charge in [-0.2, -0.15) is 0 Å². The number of amides is 2. The van der Waals surface area contributed by atoms with Crippen molar-refractivity contribution in [2.24, 2.45) is 5.41 Å². The molecule has 2 amide bonds. The normalized spacial score (nSPS) is 15.9. The smallest absolute Gasteiger partial charge is 0.243 e. The second-order valence-electron chi connectivity index (χ2n) is 8.66. The van der Waals surface area contributed by atoms with Crippen molar-refractivity contribution >= 4 is 28.9 Å². The van der Waals surface area contributed by atoms with Crippen LogP contribution < -0.4 is 20.7 Å².